The van der Waals surface area contributed by atoms with E-state index in [1.165, 1.54) is 5.56 Å². The molecule has 1 aliphatic heterocycles. The van der Waals surface area contributed by atoms with Crippen LogP contribution in [0.25, 0.3) is 0 Å². The molecule has 29 heavy (non-hydrogen) atoms. The standard InChI is InChI=1S/C22H33N5O.HI/c1-18(2)14-26-12-10-24-21(26)13-25-22(23-3)27-11-9-20(15-27)17-28-16-19-7-5-4-6-8-19;/h4-8,10,12,18,20H,9,11,13-17H2,1-3H3,(H,23,25);1H. The third-order valence-corrected chi connectivity index (χ3v) is 5.03. The molecule has 3 rings (SSSR count). The summed E-state index contributed by atoms with van der Waals surface area (Å²) in [6, 6.07) is 10.4. The van der Waals surface area contributed by atoms with Gasteiger partial charge in [0.25, 0.3) is 0 Å². The van der Waals surface area contributed by atoms with Crippen molar-refractivity contribution in [3.05, 3.63) is 54.1 Å². The van der Waals surface area contributed by atoms with E-state index in [1.807, 2.05) is 19.3 Å². The van der Waals surface area contributed by atoms with Crippen molar-refractivity contribution in [3.63, 3.8) is 0 Å². The summed E-state index contributed by atoms with van der Waals surface area (Å²) >= 11 is 0. The van der Waals surface area contributed by atoms with E-state index in [1.54, 1.807) is 0 Å². The first-order valence-electron chi connectivity index (χ1n) is 10.2. The van der Waals surface area contributed by atoms with Gasteiger partial charge < -0.3 is 19.5 Å². The molecule has 2 heterocycles. The second kappa shape index (κ2) is 12.2. The fourth-order valence-electron chi connectivity index (χ4n) is 3.64. The topological polar surface area (TPSA) is 54.7 Å². The zero-order valence-corrected chi connectivity index (χ0v) is 20.1. The number of hydrogen-bond donors (Lipinski definition) is 1. The van der Waals surface area contributed by atoms with Crippen LogP contribution in [0.1, 0.15) is 31.7 Å². The number of nitrogens with zero attached hydrogens (tertiary/aromatic N) is 4. The monoisotopic (exact) mass is 511 g/mol. The van der Waals surface area contributed by atoms with Gasteiger partial charge in [-0.2, -0.15) is 0 Å². The first kappa shape index (κ1) is 23.7. The SMILES string of the molecule is CN=C(NCc1nccn1CC(C)C)N1CCC(COCc2ccccc2)C1.I. The van der Waals surface area contributed by atoms with Crippen LogP contribution in [-0.2, 0) is 24.4 Å². The van der Waals surface area contributed by atoms with Crippen LogP contribution in [-0.4, -0.2) is 47.2 Å². The minimum Gasteiger partial charge on any atom is -0.376 e. The van der Waals surface area contributed by atoms with Gasteiger partial charge in [0.1, 0.15) is 5.82 Å². The summed E-state index contributed by atoms with van der Waals surface area (Å²) in [5.74, 6) is 3.15. The molecule has 2 aromatic rings. The van der Waals surface area contributed by atoms with Gasteiger partial charge in [0.2, 0.25) is 0 Å². The molecule has 6 nitrogen and oxygen atoms in total. The molecule has 0 amide bonds. The number of benzene rings is 1. The van der Waals surface area contributed by atoms with Gasteiger partial charge in [-0.1, -0.05) is 44.2 Å². The minimum absolute atomic E-state index is 0. The van der Waals surface area contributed by atoms with E-state index < -0.39 is 0 Å². The fraction of sp³-hybridized carbons (Fsp3) is 0.545. The maximum absolute atomic E-state index is 5.94. The second-order valence-electron chi connectivity index (χ2n) is 7.89. The summed E-state index contributed by atoms with van der Waals surface area (Å²) in [7, 11) is 1.85. The maximum atomic E-state index is 5.94. The van der Waals surface area contributed by atoms with Gasteiger partial charge in [-0.3, -0.25) is 4.99 Å². The Morgan fingerprint density at radius 3 is 2.83 bits per heavy atom. The number of aliphatic imine (C=N–C) groups is 1. The van der Waals surface area contributed by atoms with Crippen LogP contribution in [0.3, 0.4) is 0 Å². The molecule has 0 saturated carbocycles. The van der Waals surface area contributed by atoms with Gasteiger partial charge in [0.15, 0.2) is 5.96 Å². The number of likely N-dealkylation sites (tertiary alicyclic amines) is 1. The average molecular weight is 511 g/mol. The van der Waals surface area contributed by atoms with Gasteiger partial charge in [-0.05, 0) is 17.9 Å². The third-order valence-electron chi connectivity index (χ3n) is 5.03. The lowest BCUT2D eigenvalue weighted by molar-refractivity contribution is 0.0906. The summed E-state index contributed by atoms with van der Waals surface area (Å²) in [6.45, 7) is 9.59. The van der Waals surface area contributed by atoms with E-state index in [2.05, 4.69) is 69.1 Å². The van der Waals surface area contributed by atoms with Crippen molar-refractivity contribution in [3.8, 4) is 0 Å². The smallest absolute Gasteiger partial charge is 0.194 e. The Hall–Kier alpha value is -1.61. The molecule has 1 N–H and O–H groups in total. The van der Waals surface area contributed by atoms with Crippen LogP contribution in [0.2, 0.25) is 0 Å². The van der Waals surface area contributed by atoms with E-state index in [0.717, 1.165) is 44.4 Å². The van der Waals surface area contributed by atoms with Crippen LogP contribution in [0.5, 0.6) is 0 Å². The van der Waals surface area contributed by atoms with Gasteiger partial charge in [-0.15, -0.1) is 24.0 Å². The number of hydrogen-bond acceptors (Lipinski definition) is 3. The molecule has 0 bridgehead atoms. The number of nitrogens with one attached hydrogen (secondary N) is 1. The molecule has 1 aromatic heterocycles. The van der Waals surface area contributed by atoms with Crippen LogP contribution < -0.4 is 5.32 Å². The molecule has 0 spiro atoms. The largest absolute Gasteiger partial charge is 0.376 e. The number of aromatic nitrogens is 2. The number of guanidine groups is 1. The molecule has 1 saturated heterocycles. The van der Waals surface area contributed by atoms with E-state index in [4.69, 9.17) is 4.74 Å². The van der Waals surface area contributed by atoms with Gasteiger partial charge in [-0.25, -0.2) is 4.98 Å². The number of halogens is 1. The number of ether oxygens (including phenoxy) is 1. The van der Waals surface area contributed by atoms with E-state index in [9.17, 15) is 0 Å². The zero-order valence-electron chi connectivity index (χ0n) is 17.8. The van der Waals surface area contributed by atoms with Crippen LogP contribution >= 0.6 is 24.0 Å². The van der Waals surface area contributed by atoms with Gasteiger partial charge in [0, 0.05) is 45.0 Å². The highest BCUT2D eigenvalue weighted by atomic mass is 127. The van der Waals surface area contributed by atoms with Crippen molar-refractivity contribution in [2.75, 3.05) is 26.7 Å². The average Bonchev–Trinajstić information content (AvgIpc) is 3.33. The van der Waals surface area contributed by atoms with Crippen molar-refractivity contribution in [1.29, 1.82) is 0 Å². The van der Waals surface area contributed by atoms with Gasteiger partial charge >= 0.3 is 0 Å². The normalized spacial score (nSPS) is 16.9. The molecule has 0 radical (unpaired) electrons. The molecule has 7 heteroatoms. The highest BCUT2D eigenvalue weighted by Crippen LogP contribution is 2.17. The summed E-state index contributed by atoms with van der Waals surface area (Å²) in [5, 5.41) is 3.48. The van der Waals surface area contributed by atoms with Crippen LogP contribution in [0.4, 0.5) is 0 Å². The highest BCUT2D eigenvalue weighted by Gasteiger charge is 2.25. The Balaban J connectivity index is 0.00000300. The quantitative estimate of drug-likeness (QED) is 0.333. The first-order chi connectivity index (χ1) is 13.7. The summed E-state index contributed by atoms with van der Waals surface area (Å²) in [4.78, 5) is 11.3. The Morgan fingerprint density at radius 2 is 2.10 bits per heavy atom. The predicted molar refractivity (Wildman–Crippen MR) is 128 cm³/mol. The number of imidazole rings is 1. The second-order valence-corrected chi connectivity index (χ2v) is 7.89. The third kappa shape index (κ3) is 7.29. The van der Waals surface area contributed by atoms with Crippen molar-refractivity contribution >= 4 is 29.9 Å². The van der Waals surface area contributed by atoms with Crippen molar-refractivity contribution in [2.24, 2.45) is 16.8 Å². The van der Waals surface area contributed by atoms with Crippen molar-refractivity contribution < 1.29 is 4.74 Å². The van der Waals surface area contributed by atoms with E-state index >= 15 is 0 Å². The molecule has 1 unspecified atom stereocenters. The lowest BCUT2D eigenvalue weighted by Gasteiger charge is -2.22. The molecule has 1 aliphatic rings. The minimum atomic E-state index is 0. The van der Waals surface area contributed by atoms with Crippen LogP contribution in [0, 0.1) is 11.8 Å². The van der Waals surface area contributed by atoms with Crippen LogP contribution in [0.15, 0.2) is 47.7 Å². The molecule has 1 fully saturated rings. The van der Waals surface area contributed by atoms with Crippen molar-refractivity contribution in [2.45, 2.75) is 40.0 Å². The number of rotatable bonds is 8. The molecule has 160 valence electrons. The maximum Gasteiger partial charge on any atom is 0.194 e. The first-order valence-corrected chi connectivity index (χ1v) is 10.2. The molecular formula is C22H34IN5O. The van der Waals surface area contributed by atoms with E-state index in [0.29, 0.717) is 25.0 Å². The zero-order chi connectivity index (χ0) is 19.8. The molecular weight excluding hydrogens is 477 g/mol. The predicted octanol–water partition coefficient (Wildman–Crippen LogP) is 3.77. The van der Waals surface area contributed by atoms with Crippen molar-refractivity contribution in [1.82, 2.24) is 19.8 Å². The molecule has 1 atom stereocenters. The molecule has 1 aromatic carbocycles. The lowest BCUT2D eigenvalue weighted by Crippen LogP contribution is -2.40. The fourth-order valence-corrected chi connectivity index (χ4v) is 3.64. The Kier molecular flexibility index (Phi) is 9.93. The van der Waals surface area contributed by atoms with Gasteiger partial charge in [0.05, 0.1) is 19.8 Å². The molecule has 0 aliphatic carbocycles. The Bertz CT molecular complexity index is 747. The Labute approximate surface area is 191 Å². The lowest BCUT2D eigenvalue weighted by atomic mass is 10.1. The highest BCUT2D eigenvalue weighted by molar-refractivity contribution is 14.0. The summed E-state index contributed by atoms with van der Waals surface area (Å²) in [6.07, 6.45) is 5.06. The van der Waals surface area contributed by atoms with E-state index in [-0.39, 0.29) is 24.0 Å². The summed E-state index contributed by atoms with van der Waals surface area (Å²) < 4.78 is 8.15. The Morgan fingerprint density at radius 1 is 1.31 bits per heavy atom. The summed E-state index contributed by atoms with van der Waals surface area (Å²) in [5.41, 5.74) is 1.23.